The first-order valence-electron chi connectivity index (χ1n) is 12.4. The highest BCUT2D eigenvalue weighted by Crippen LogP contribution is 2.50. The van der Waals surface area contributed by atoms with Crippen molar-refractivity contribution in [1.29, 1.82) is 0 Å². The molecular weight excluding hydrogens is 525 g/mol. The Hall–Kier alpha value is -3.96. The van der Waals surface area contributed by atoms with Crippen molar-refractivity contribution in [1.82, 2.24) is 9.78 Å². The van der Waals surface area contributed by atoms with Crippen LogP contribution in [0.15, 0.2) is 42.7 Å². The minimum absolute atomic E-state index is 0.0269. The summed E-state index contributed by atoms with van der Waals surface area (Å²) in [7, 11) is 0. The molecule has 1 N–H and O–H groups in total. The molecule has 3 aromatic rings. The number of nitrogens with zero attached hydrogens (tertiary/aromatic N) is 2. The van der Waals surface area contributed by atoms with E-state index in [9.17, 15) is 27.2 Å². The Kier molecular flexibility index (Phi) is 6.81. The fourth-order valence-corrected chi connectivity index (χ4v) is 4.58. The number of rotatable bonds is 9. The summed E-state index contributed by atoms with van der Waals surface area (Å²) in [6, 6.07) is 4.87. The van der Waals surface area contributed by atoms with Gasteiger partial charge in [0, 0.05) is 41.2 Å². The van der Waals surface area contributed by atoms with Gasteiger partial charge in [-0.2, -0.15) is 5.10 Å². The first kappa shape index (κ1) is 26.6. The molecule has 0 bridgehead atoms. The van der Waals surface area contributed by atoms with Crippen LogP contribution in [0.2, 0.25) is 0 Å². The molecule has 2 fully saturated rings. The maximum atomic E-state index is 15.4. The van der Waals surface area contributed by atoms with E-state index in [2.05, 4.69) is 15.2 Å². The number of nitrogens with one attached hydrogen (secondary N) is 1. The van der Waals surface area contributed by atoms with Gasteiger partial charge in [0.05, 0.1) is 23.8 Å². The fraction of sp³-hybridized carbons (Fsp3) is 0.370. The van der Waals surface area contributed by atoms with E-state index in [4.69, 9.17) is 4.74 Å². The summed E-state index contributed by atoms with van der Waals surface area (Å²) in [4.78, 5) is 26.0. The van der Waals surface area contributed by atoms with Gasteiger partial charge >= 0.3 is 12.3 Å². The number of aromatic nitrogens is 2. The quantitative estimate of drug-likeness (QED) is 0.262. The molecule has 0 aliphatic heterocycles. The smallest absolute Gasteiger partial charge is 0.462 e. The minimum atomic E-state index is -4.99. The maximum Gasteiger partial charge on any atom is 0.573 e. The lowest BCUT2D eigenvalue weighted by atomic mass is 9.93. The third-order valence-corrected chi connectivity index (χ3v) is 6.78. The maximum absolute atomic E-state index is 15.4. The third-order valence-electron chi connectivity index (χ3n) is 6.78. The van der Waals surface area contributed by atoms with Crippen molar-refractivity contribution in [3.05, 3.63) is 65.5 Å². The van der Waals surface area contributed by atoms with E-state index in [0.717, 1.165) is 31.0 Å². The molecule has 39 heavy (non-hydrogen) atoms. The van der Waals surface area contributed by atoms with Gasteiger partial charge < -0.3 is 14.8 Å². The molecule has 12 heteroatoms. The standard InChI is InChI=1S/C27H24F5N3O4/c1-2-38-24(36)19-9-17(10-22(29)23(19)16-12-33-35(14-16)13-15-3-4-15)34-25(37)26(7-8-26)20-6-5-18(11-21(20)28)39-27(30,31)32/h5-6,9-12,14-15H,2-4,7-8,13H2,1H3,(H,34,37). The molecule has 0 atom stereocenters. The van der Waals surface area contributed by atoms with E-state index < -0.39 is 41.0 Å². The number of amides is 1. The Morgan fingerprint density at radius 1 is 1.13 bits per heavy atom. The number of benzene rings is 2. The Balaban J connectivity index is 1.42. The summed E-state index contributed by atoms with van der Waals surface area (Å²) in [5, 5.41) is 6.79. The topological polar surface area (TPSA) is 82.4 Å². The number of carbonyl (C=O) groups is 2. The highest BCUT2D eigenvalue weighted by molar-refractivity contribution is 6.04. The van der Waals surface area contributed by atoms with Crippen LogP contribution >= 0.6 is 0 Å². The molecule has 0 saturated heterocycles. The molecule has 206 valence electrons. The van der Waals surface area contributed by atoms with Crippen LogP contribution < -0.4 is 10.1 Å². The Morgan fingerprint density at radius 2 is 1.87 bits per heavy atom. The van der Waals surface area contributed by atoms with E-state index in [-0.39, 0.29) is 41.8 Å². The first-order chi connectivity index (χ1) is 18.5. The highest BCUT2D eigenvalue weighted by atomic mass is 19.4. The van der Waals surface area contributed by atoms with E-state index in [1.54, 1.807) is 17.8 Å². The number of hydrogen-bond acceptors (Lipinski definition) is 5. The summed E-state index contributed by atoms with van der Waals surface area (Å²) in [6.07, 6.45) is 0.750. The first-order valence-corrected chi connectivity index (χ1v) is 12.4. The van der Waals surface area contributed by atoms with Crippen molar-refractivity contribution in [3.63, 3.8) is 0 Å². The van der Waals surface area contributed by atoms with Gasteiger partial charge in [-0.3, -0.25) is 9.48 Å². The second kappa shape index (κ2) is 9.97. The molecule has 2 aliphatic rings. The predicted molar refractivity (Wildman–Crippen MR) is 129 cm³/mol. The molecule has 1 aromatic heterocycles. The molecule has 0 unspecified atom stereocenters. The van der Waals surface area contributed by atoms with Gasteiger partial charge in [0.1, 0.15) is 17.4 Å². The van der Waals surface area contributed by atoms with Crippen molar-refractivity contribution in [3.8, 4) is 16.9 Å². The van der Waals surface area contributed by atoms with Crippen LogP contribution in [0.25, 0.3) is 11.1 Å². The number of anilines is 1. The molecule has 7 nitrogen and oxygen atoms in total. The lowest BCUT2D eigenvalue weighted by Crippen LogP contribution is -2.29. The average molecular weight is 549 g/mol. The summed E-state index contributed by atoms with van der Waals surface area (Å²) >= 11 is 0. The van der Waals surface area contributed by atoms with Crippen molar-refractivity contribution < 1.29 is 41.0 Å². The molecular formula is C27H24F5N3O4. The lowest BCUT2D eigenvalue weighted by Gasteiger charge is -2.19. The fourth-order valence-electron chi connectivity index (χ4n) is 4.58. The number of ether oxygens (including phenoxy) is 2. The second-order valence-corrected chi connectivity index (χ2v) is 9.72. The Morgan fingerprint density at radius 3 is 2.49 bits per heavy atom. The van der Waals surface area contributed by atoms with Crippen LogP contribution in [-0.2, 0) is 21.5 Å². The number of hydrogen-bond donors (Lipinski definition) is 1. The van der Waals surface area contributed by atoms with E-state index in [1.807, 2.05) is 0 Å². The molecule has 0 radical (unpaired) electrons. The normalized spacial score (nSPS) is 16.1. The van der Waals surface area contributed by atoms with E-state index in [0.29, 0.717) is 24.1 Å². The lowest BCUT2D eigenvalue weighted by molar-refractivity contribution is -0.274. The van der Waals surface area contributed by atoms with Crippen molar-refractivity contribution in [2.45, 2.75) is 50.9 Å². The van der Waals surface area contributed by atoms with Crippen LogP contribution in [0.1, 0.15) is 48.5 Å². The van der Waals surface area contributed by atoms with Crippen LogP contribution in [0.3, 0.4) is 0 Å². The number of esters is 1. The summed E-state index contributed by atoms with van der Waals surface area (Å²) in [5.74, 6) is -3.56. The highest BCUT2D eigenvalue weighted by Gasteiger charge is 2.53. The van der Waals surface area contributed by atoms with Crippen LogP contribution in [0.4, 0.5) is 27.6 Å². The Bertz CT molecular complexity index is 1430. The zero-order valence-electron chi connectivity index (χ0n) is 20.8. The molecule has 2 aromatic carbocycles. The van der Waals surface area contributed by atoms with Crippen molar-refractivity contribution in [2.75, 3.05) is 11.9 Å². The van der Waals surface area contributed by atoms with Gasteiger partial charge in [-0.25, -0.2) is 13.6 Å². The van der Waals surface area contributed by atoms with Crippen LogP contribution in [0.5, 0.6) is 5.75 Å². The molecule has 2 saturated carbocycles. The monoisotopic (exact) mass is 549 g/mol. The number of halogens is 5. The summed E-state index contributed by atoms with van der Waals surface area (Å²) in [5.41, 5.74) is -1.30. The van der Waals surface area contributed by atoms with Gasteiger partial charge in [0.25, 0.3) is 0 Å². The molecule has 1 amide bonds. The largest absolute Gasteiger partial charge is 0.573 e. The molecule has 5 rings (SSSR count). The molecule has 0 spiro atoms. The van der Waals surface area contributed by atoms with Crippen molar-refractivity contribution >= 4 is 17.6 Å². The van der Waals surface area contributed by atoms with E-state index in [1.165, 1.54) is 12.3 Å². The SMILES string of the molecule is CCOC(=O)c1cc(NC(=O)C2(c3ccc(OC(F)(F)F)cc3F)CC2)cc(F)c1-c1cnn(CC2CC2)c1. The summed E-state index contributed by atoms with van der Waals surface area (Å²) < 4.78 is 78.2. The zero-order chi connectivity index (χ0) is 27.9. The van der Waals surface area contributed by atoms with Gasteiger partial charge in [-0.05, 0) is 56.7 Å². The van der Waals surface area contributed by atoms with E-state index >= 15 is 4.39 Å². The average Bonchev–Trinajstić information content (AvgIpc) is 3.77. The number of alkyl halides is 3. The second-order valence-electron chi connectivity index (χ2n) is 9.72. The van der Waals surface area contributed by atoms with Crippen LogP contribution in [-0.4, -0.2) is 34.6 Å². The van der Waals surface area contributed by atoms with Gasteiger partial charge in [0.15, 0.2) is 0 Å². The van der Waals surface area contributed by atoms with Gasteiger partial charge in [-0.15, -0.1) is 13.2 Å². The molecule has 1 heterocycles. The van der Waals surface area contributed by atoms with Crippen LogP contribution in [0, 0.1) is 17.6 Å². The predicted octanol–water partition coefficient (Wildman–Crippen LogP) is 5.98. The third kappa shape index (κ3) is 5.74. The number of carbonyl (C=O) groups excluding carboxylic acids is 2. The summed E-state index contributed by atoms with van der Waals surface area (Å²) in [6.45, 7) is 2.32. The zero-order valence-corrected chi connectivity index (χ0v) is 20.8. The van der Waals surface area contributed by atoms with Gasteiger partial charge in [0.2, 0.25) is 5.91 Å². The minimum Gasteiger partial charge on any atom is -0.462 e. The van der Waals surface area contributed by atoms with Gasteiger partial charge in [-0.1, -0.05) is 6.07 Å². The van der Waals surface area contributed by atoms with Crippen molar-refractivity contribution in [2.24, 2.45) is 5.92 Å². The Labute approximate surface area is 219 Å². The molecule has 2 aliphatic carbocycles.